The summed E-state index contributed by atoms with van der Waals surface area (Å²) < 4.78 is 2.04. The summed E-state index contributed by atoms with van der Waals surface area (Å²) in [6, 6.07) is 0. The first-order chi connectivity index (χ1) is 5.86. The number of nitrogens with two attached hydrogens (primary N) is 1. The van der Waals surface area contributed by atoms with Crippen molar-refractivity contribution in [1.29, 1.82) is 0 Å². The van der Waals surface area contributed by atoms with Gasteiger partial charge in [-0.15, -0.1) is 0 Å². The number of aryl methyl sites for hydroxylation is 1. The van der Waals surface area contributed by atoms with Gasteiger partial charge in [0, 0.05) is 31.7 Å². The second-order valence-electron chi connectivity index (χ2n) is 3.00. The summed E-state index contributed by atoms with van der Waals surface area (Å²) in [5.41, 5.74) is 9.28. The smallest absolute Gasteiger partial charge is 0.0808 e. The van der Waals surface area contributed by atoms with Crippen LogP contribution in [-0.2, 0) is 26.2 Å². The molecule has 0 fully saturated rings. The van der Waals surface area contributed by atoms with Crippen molar-refractivity contribution < 1.29 is 0 Å². The topological polar surface area (TPSA) is 55.9 Å². The monoisotopic (exact) mass is 166 g/mol. The molecule has 0 saturated heterocycles. The van der Waals surface area contributed by atoms with Gasteiger partial charge in [0.1, 0.15) is 0 Å². The molecule has 12 heavy (non-hydrogen) atoms. The fraction of sp³-hybridized carbons (Fsp3) is 0.625. The van der Waals surface area contributed by atoms with E-state index in [1.807, 2.05) is 4.68 Å². The Morgan fingerprint density at radius 3 is 3.08 bits per heavy atom. The van der Waals surface area contributed by atoms with E-state index in [9.17, 15) is 0 Å². The van der Waals surface area contributed by atoms with E-state index in [2.05, 4.69) is 17.3 Å². The minimum absolute atomic E-state index is 0.553. The van der Waals surface area contributed by atoms with E-state index in [1.54, 1.807) is 0 Å². The molecule has 1 aromatic rings. The predicted octanol–water partition coefficient (Wildman–Crippen LogP) is -0.0351. The van der Waals surface area contributed by atoms with Crippen molar-refractivity contribution in [2.75, 3.05) is 0 Å². The standard InChI is InChI=1S/C8H14N4/c1-2-12-8-5-10-4-6(8)7(3-9)11-12/h10H,2-5,9H2,1H3. The Labute approximate surface area is 71.7 Å². The highest BCUT2D eigenvalue weighted by atomic mass is 15.3. The van der Waals surface area contributed by atoms with Crippen molar-refractivity contribution in [1.82, 2.24) is 15.1 Å². The van der Waals surface area contributed by atoms with Gasteiger partial charge in [-0.25, -0.2) is 0 Å². The SMILES string of the molecule is CCn1nc(CN)c2c1CNC2. The zero-order valence-corrected chi connectivity index (χ0v) is 7.30. The Balaban J connectivity index is 2.47. The molecule has 1 aliphatic rings. The van der Waals surface area contributed by atoms with Gasteiger partial charge in [0.05, 0.1) is 11.4 Å². The van der Waals surface area contributed by atoms with Gasteiger partial charge < -0.3 is 11.1 Å². The highest BCUT2D eigenvalue weighted by Gasteiger charge is 2.19. The van der Waals surface area contributed by atoms with Crippen LogP contribution in [0.15, 0.2) is 0 Å². The molecule has 3 N–H and O–H groups in total. The molecule has 0 radical (unpaired) electrons. The van der Waals surface area contributed by atoms with Crippen molar-refractivity contribution in [2.24, 2.45) is 5.73 Å². The number of hydrogen-bond donors (Lipinski definition) is 2. The van der Waals surface area contributed by atoms with Crippen LogP contribution in [0.25, 0.3) is 0 Å². The second kappa shape index (κ2) is 2.88. The van der Waals surface area contributed by atoms with Gasteiger partial charge in [-0.3, -0.25) is 4.68 Å². The Kier molecular flexibility index (Phi) is 1.86. The summed E-state index contributed by atoms with van der Waals surface area (Å²) in [5, 5.41) is 7.72. The van der Waals surface area contributed by atoms with Gasteiger partial charge >= 0.3 is 0 Å². The summed E-state index contributed by atoms with van der Waals surface area (Å²) in [5.74, 6) is 0. The molecular formula is C8H14N4. The maximum Gasteiger partial charge on any atom is 0.0808 e. The fourth-order valence-corrected chi connectivity index (χ4v) is 1.72. The lowest BCUT2D eigenvalue weighted by molar-refractivity contribution is 0.595. The zero-order valence-electron chi connectivity index (χ0n) is 7.30. The maximum absolute atomic E-state index is 5.59. The molecule has 2 heterocycles. The quantitative estimate of drug-likeness (QED) is 0.648. The Hall–Kier alpha value is -0.870. The van der Waals surface area contributed by atoms with Gasteiger partial charge in [-0.2, -0.15) is 5.10 Å². The van der Waals surface area contributed by atoms with Crippen LogP contribution in [0.4, 0.5) is 0 Å². The Morgan fingerprint density at radius 2 is 2.42 bits per heavy atom. The van der Waals surface area contributed by atoms with Gasteiger partial charge in [0.25, 0.3) is 0 Å². The third kappa shape index (κ3) is 0.956. The molecule has 2 rings (SSSR count). The summed E-state index contributed by atoms with van der Waals surface area (Å²) in [6.45, 7) is 5.46. The van der Waals surface area contributed by atoms with E-state index in [0.717, 1.165) is 25.3 Å². The molecule has 0 atom stereocenters. The predicted molar refractivity (Wildman–Crippen MR) is 46.3 cm³/mol. The van der Waals surface area contributed by atoms with Crippen LogP contribution in [0.5, 0.6) is 0 Å². The minimum atomic E-state index is 0.553. The third-order valence-corrected chi connectivity index (χ3v) is 2.34. The second-order valence-corrected chi connectivity index (χ2v) is 3.00. The molecule has 1 aromatic heterocycles. The molecule has 66 valence electrons. The first-order valence-corrected chi connectivity index (χ1v) is 4.35. The van der Waals surface area contributed by atoms with E-state index in [0.29, 0.717) is 6.54 Å². The zero-order chi connectivity index (χ0) is 8.55. The number of hydrogen-bond acceptors (Lipinski definition) is 3. The molecule has 4 nitrogen and oxygen atoms in total. The number of nitrogens with one attached hydrogen (secondary N) is 1. The molecule has 0 aliphatic carbocycles. The molecule has 0 bridgehead atoms. The lowest BCUT2D eigenvalue weighted by Gasteiger charge is -1.99. The van der Waals surface area contributed by atoms with Crippen LogP contribution in [0.3, 0.4) is 0 Å². The average Bonchev–Trinajstić information content (AvgIpc) is 2.63. The molecule has 4 heteroatoms. The molecule has 0 spiro atoms. The summed E-state index contributed by atoms with van der Waals surface area (Å²) in [4.78, 5) is 0. The lowest BCUT2D eigenvalue weighted by atomic mass is 10.2. The normalized spacial score (nSPS) is 15.2. The van der Waals surface area contributed by atoms with Gasteiger partial charge in [-0.05, 0) is 6.92 Å². The lowest BCUT2D eigenvalue weighted by Crippen LogP contribution is -2.10. The average molecular weight is 166 g/mol. The molecule has 0 unspecified atom stereocenters. The van der Waals surface area contributed by atoms with Crippen molar-refractivity contribution in [3.63, 3.8) is 0 Å². The summed E-state index contributed by atoms with van der Waals surface area (Å²) in [7, 11) is 0. The Bertz CT molecular complexity index is 263. The van der Waals surface area contributed by atoms with E-state index >= 15 is 0 Å². The largest absolute Gasteiger partial charge is 0.325 e. The van der Waals surface area contributed by atoms with Crippen LogP contribution in [0.1, 0.15) is 23.9 Å². The van der Waals surface area contributed by atoms with Crippen LogP contribution < -0.4 is 11.1 Å². The van der Waals surface area contributed by atoms with Gasteiger partial charge in [-0.1, -0.05) is 0 Å². The van der Waals surface area contributed by atoms with E-state index < -0.39 is 0 Å². The third-order valence-electron chi connectivity index (χ3n) is 2.34. The van der Waals surface area contributed by atoms with E-state index in [4.69, 9.17) is 5.73 Å². The van der Waals surface area contributed by atoms with Crippen LogP contribution in [0.2, 0.25) is 0 Å². The first-order valence-electron chi connectivity index (χ1n) is 4.35. The van der Waals surface area contributed by atoms with E-state index in [1.165, 1.54) is 11.3 Å². The highest BCUT2D eigenvalue weighted by Crippen LogP contribution is 2.18. The van der Waals surface area contributed by atoms with E-state index in [-0.39, 0.29) is 0 Å². The summed E-state index contributed by atoms with van der Waals surface area (Å²) in [6.07, 6.45) is 0. The first kappa shape index (κ1) is 7.76. The molecule has 1 aliphatic heterocycles. The number of aromatic nitrogens is 2. The number of rotatable bonds is 2. The maximum atomic E-state index is 5.59. The number of nitrogens with zero attached hydrogens (tertiary/aromatic N) is 2. The number of fused-ring (bicyclic) bond motifs is 1. The van der Waals surface area contributed by atoms with Gasteiger partial charge in [0.15, 0.2) is 0 Å². The van der Waals surface area contributed by atoms with Crippen LogP contribution >= 0.6 is 0 Å². The Morgan fingerprint density at radius 1 is 1.58 bits per heavy atom. The minimum Gasteiger partial charge on any atom is -0.325 e. The fourth-order valence-electron chi connectivity index (χ4n) is 1.72. The van der Waals surface area contributed by atoms with Crippen molar-refractivity contribution in [3.05, 3.63) is 17.0 Å². The van der Waals surface area contributed by atoms with Crippen molar-refractivity contribution in [3.8, 4) is 0 Å². The molecule has 0 amide bonds. The molecular weight excluding hydrogens is 152 g/mol. The highest BCUT2D eigenvalue weighted by molar-refractivity contribution is 5.29. The van der Waals surface area contributed by atoms with Crippen LogP contribution in [0, 0.1) is 0 Å². The summed E-state index contributed by atoms with van der Waals surface area (Å²) >= 11 is 0. The molecule has 0 aromatic carbocycles. The molecule has 0 saturated carbocycles. The van der Waals surface area contributed by atoms with Gasteiger partial charge in [0.2, 0.25) is 0 Å². The van der Waals surface area contributed by atoms with Crippen molar-refractivity contribution in [2.45, 2.75) is 33.1 Å². The van der Waals surface area contributed by atoms with Crippen molar-refractivity contribution >= 4 is 0 Å². The van der Waals surface area contributed by atoms with Crippen LogP contribution in [-0.4, -0.2) is 9.78 Å².